The van der Waals surface area contributed by atoms with Crippen molar-refractivity contribution < 1.29 is 27.8 Å². The molecule has 0 unspecified atom stereocenters. The van der Waals surface area contributed by atoms with Gasteiger partial charge in [0.25, 0.3) is 0 Å². The molecular formula is C17H13F3N2O3S. The number of ether oxygens (including phenoxy) is 1. The zero-order chi connectivity index (χ0) is 19.1. The normalized spacial score (nSPS) is 11.7. The Balaban J connectivity index is 1.98. The van der Waals surface area contributed by atoms with Gasteiger partial charge < -0.3 is 9.84 Å². The minimum Gasteiger partial charge on any atom is -0.489 e. The van der Waals surface area contributed by atoms with Crippen molar-refractivity contribution >= 4 is 22.3 Å². The number of alkyl halides is 3. The van der Waals surface area contributed by atoms with Crippen molar-refractivity contribution in [1.29, 1.82) is 0 Å². The summed E-state index contributed by atoms with van der Waals surface area (Å²) in [5.41, 5.74) is 0.529. The number of aromatic carboxylic acids is 1. The lowest BCUT2D eigenvalue weighted by atomic mass is 10.1. The zero-order valence-electron chi connectivity index (χ0n) is 13.5. The van der Waals surface area contributed by atoms with E-state index in [0.29, 0.717) is 35.0 Å². The molecule has 2 heterocycles. The first kappa shape index (κ1) is 18.0. The van der Waals surface area contributed by atoms with Gasteiger partial charge >= 0.3 is 12.1 Å². The predicted molar refractivity (Wildman–Crippen MR) is 90.8 cm³/mol. The van der Waals surface area contributed by atoms with E-state index in [1.165, 1.54) is 6.20 Å². The quantitative estimate of drug-likeness (QED) is 0.648. The number of aromatic nitrogens is 2. The van der Waals surface area contributed by atoms with Crippen molar-refractivity contribution in [3.05, 3.63) is 53.2 Å². The van der Waals surface area contributed by atoms with Crippen molar-refractivity contribution in [2.24, 2.45) is 0 Å². The number of fused-ring (bicyclic) bond motifs is 1. The van der Waals surface area contributed by atoms with Crippen LogP contribution in [-0.4, -0.2) is 27.1 Å². The van der Waals surface area contributed by atoms with Crippen molar-refractivity contribution in [2.45, 2.75) is 13.1 Å². The lowest BCUT2D eigenvalue weighted by molar-refractivity contribution is -0.142. The first-order valence-electron chi connectivity index (χ1n) is 7.37. The fourth-order valence-corrected chi connectivity index (χ4v) is 3.29. The summed E-state index contributed by atoms with van der Waals surface area (Å²) in [5, 5.41) is 9.00. The van der Waals surface area contributed by atoms with Crippen molar-refractivity contribution in [2.75, 3.05) is 6.61 Å². The SMILES string of the molecule is C=C(C)COc1ccc(-c2cn3c(C(F)(F)F)c(C(=O)O)sc3n2)cc1. The number of nitrogens with zero attached hydrogens (tertiary/aromatic N) is 2. The molecule has 26 heavy (non-hydrogen) atoms. The molecule has 0 saturated carbocycles. The summed E-state index contributed by atoms with van der Waals surface area (Å²) in [5.74, 6) is -1.03. The third-order valence-electron chi connectivity index (χ3n) is 3.42. The van der Waals surface area contributed by atoms with Crippen LogP contribution in [0.15, 0.2) is 42.6 Å². The van der Waals surface area contributed by atoms with Crippen LogP contribution in [0.5, 0.6) is 5.75 Å². The molecule has 0 aliphatic heterocycles. The van der Waals surface area contributed by atoms with Gasteiger partial charge in [0.1, 0.15) is 17.2 Å². The molecule has 0 radical (unpaired) electrons. The Morgan fingerprint density at radius 1 is 1.35 bits per heavy atom. The highest BCUT2D eigenvalue weighted by molar-refractivity contribution is 7.19. The van der Waals surface area contributed by atoms with Crippen LogP contribution < -0.4 is 4.74 Å². The van der Waals surface area contributed by atoms with Gasteiger partial charge in [0.15, 0.2) is 10.7 Å². The molecule has 0 bridgehead atoms. The van der Waals surface area contributed by atoms with Crippen LogP contribution in [-0.2, 0) is 6.18 Å². The fourth-order valence-electron chi connectivity index (χ4n) is 2.32. The predicted octanol–water partition coefficient (Wildman–Crippen LogP) is 4.73. The number of thiazole rings is 1. The first-order chi connectivity index (χ1) is 12.2. The highest BCUT2D eigenvalue weighted by Gasteiger charge is 2.40. The van der Waals surface area contributed by atoms with Gasteiger partial charge in [-0.3, -0.25) is 4.40 Å². The summed E-state index contributed by atoms with van der Waals surface area (Å²) in [4.78, 5) is 14.4. The minimum absolute atomic E-state index is 0.0349. The molecule has 0 aliphatic carbocycles. The van der Waals surface area contributed by atoms with E-state index in [2.05, 4.69) is 11.6 Å². The number of imidazole rings is 1. The van der Waals surface area contributed by atoms with Gasteiger partial charge in [-0.25, -0.2) is 9.78 Å². The van der Waals surface area contributed by atoms with Gasteiger partial charge in [0.05, 0.1) is 5.69 Å². The average molecular weight is 382 g/mol. The van der Waals surface area contributed by atoms with E-state index < -0.39 is 22.7 Å². The second-order valence-corrected chi connectivity index (χ2v) is 6.61. The van der Waals surface area contributed by atoms with E-state index in [9.17, 15) is 18.0 Å². The van der Waals surface area contributed by atoms with Crippen LogP contribution in [0, 0.1) is 0 Å². The second kappa shape index (κ2) is 6.49. The molecule has 1 aromatic carbocycles. The molecule has 0 fully saturated rings. The van der Waals surface area contributed by atoms with Crippen molar-refractivity contribution in [3.8, 4) is 17.0 Å². The zero-order valence-corrected chi connectivity index (χ0v) is 14.3. The summed E-state index contributed by atoms with van der Waals surface area (Å²) in [6.45, 7) is 5.93. The van der Waals surface area contributed by atoms with E-state index in [4.69, 9.17) is 9.84 Å². The summed E-state index contributed by atoms with van der Waals surface area (Å²) >= 11 is 0.487. The number of carboxylic acid groups (broad SMARTS) is 1. The lowest BCUT2D eigenvalue weighted by Gasteiger charge is -2.06. The van der Waals surface area contributed by atoms with E-state index in [1.54, 1.807) is 24.3 Å². The monoisotopic (exact) mass is 382 g/mol. The molecule has 136 valence electrons. The topological polar surface area (TPSA) is 63.8 Å². The molecule has 3 rings (SSSR count). The van der Waals surface area contributed by atoms with Crippen LogP contribution in [0.2, 0.25) is 0 Å². The van der Waals surface area contributed by atoms with Crippen LogP contribution >= 0.6 is 11.3 Å². The fraction of sp³-hybridized carbons (Fsp3) is 0.176. The second-order valence-electron chi connectivity index (χ2n) is 5.63. The first-order valence-corrected chi connectivity index (χ1v) is 8.18. The van der Waals surface area contributed by atoms with Crippen LogP contribution in [0.4, 0.5) is 13.2 Å². The molecule has 1 N–H and O–H groups in total. The number of hydrogen-bond donors (Lipinski definition) is 1. The van der Waals surface area contributed by atoms with Crippen LogP contribution in [0.3, 0.4) is 0 Å². The Hall–Kier alpha value is -2.81. The van der Waals surface area contributed by atoms with Crippen molar-refractivity contribution in [1.82, 2.24) is 9.38 Å². The number of carbonyl (C=O) groups is 1. The summed E-state index contributed by atoms with van der Waals surface area (Å²) in [6.07, 6.45) is -3.62. The number of halogens is 3. The Labute approximate surface area is 150 Å². The molecule has 2 aromatic heterocycles. The van der Waals surface area contributed by atoms with Crippen LogP contribution in [0.1, 0.15) is 22.3 Å². The van der Waals surface area contributed by atoms with Gasteiger partial charge in [-0.15, -0.1) is 0 Å². The summed E-state index contributed by atoms with van der Waals surface area (Å²) in [6, 6.07) is 6.70. The van der Waals surface area contributed by atoms with Gasteiger partial charge in [0.2, 0.25) is 0 Å². The van der Waals surface area contributed by atoms with E-state index in [1.807, 2.05) is 6.92 Å². The average Bonchev–Trinajstić information content (AvgIpc) is 3.09. The Morgan fingerprint density at radius 2 is 2.00 bits per heavy atom. The minimum atomic E-state index is -4.80. The molecule has 5 nitrogen and oxygen atoms in total. The van der Waals surface area contributed by atoms with Gasteiger partial charge in [-0.1, -0.05) is 17.9 Å². The Kier molecular flexibility index (Phi) is 4.49. The van der Waals surface area contributed by atoms with E-state index in [0.717, 1.165) is 9.97 Å². The van der Waals surface area contributed by atoms with E-state index in [-0.39, 0.29) is 4.96 Å². The molecule has 3 aromatic rings. The summed E-state index contributed by atoms with van der Waals surface area (Å²) in [7, 11) is 0. The van der Waals surface area contributed by atoms with Gasteiger partial charge in [-0.2, -0.15) is 13.2 Å². The molecular weight excluding hydrogens is 369 g/mol. The molecule has 0 spiro atoms. The molecule has 9 heteroatoms. The summed E-state index contributed by atoms with van der Waals surface area (Å²) < 4.78 is 46.0. The standard InChI is InChI=1S/C17H13F3N2O3S/c1-9(2)8-25-11-5-3-10(4-6-11)12-7-22-14(17(18,19)20)13(15(23)24)26-16(22)21-12/h3-7H,1,8H2,2H3,(H,23,24). The number of hydrogen-bond acceptors (Lipinski definition) is 4. The lowest BCUT2D eigenvalue weighted by Crippen LogP contribution is -2.13. The highest BCUT2D eigenvalue weighted by atomic mass is 32.1. The molecule has 0 saturated heterocycles. The molecule has 0 aliphatic rings. The van der Waals surface area contributed by atoms with E-state index >= 15 is 0 Å². The maximum atomic E-state index is 13.3. The number of carboxylic acids is 1. The Morgan fingerprint density at radius 3 is 2.54 bits per heavy atom. The number of rotatable bonds is 5. The third-order valence-corrected chi connectivity index (χ3v) is 4.46. The maximum absolute atomic E-state index is 13.3. The maximum Gasteiger partial charge on any atom is 0.433 e. The van der Waals surface area contributed by atoms with Crippen molar-refractivity contribution in [3.63, 3.8) is 0 Å². The van der Waals surface area contributed by atoms with Gasteiger partial charge in [0, 0.05) is 11.8 Å². The molecule has 0 atom stereocenters. The van der Waals surface area contributed by atoms with Gasteiger partial charge in [-0.05, 0) is 36.8 Å². The largest absolute Gasteiger partial charge is 0.489 e. The smallest absolute Gasteiger partial charge is 0.433 e. The third kappa shape index (κ3) is 3.43. The molecule has 0 amide bonds. The highest BCUT2D eigenvalue weighted by Crippen LogP contribution is 2.38. The van der Waals surface area contributed by atoms with Crippen LogP contribution in [0.25, 0.3) is 16.2 Å². The Bertz CT molecular complexity index is 987. The number of benzene rings is 1.